The van der Waals surface area contributed by atoms with Gasteiger partial charge in [0.05, 0.1) is 10.6 Å². The molecule has 0 aliphatic rings. The van der Waals surface area contributed by atoms with Crippen molar-refractivity contribution in [2.45, 2.75) is 6.42 Å². The first kappa shape index (κ1) is 17.7. The summed E-state index contributed by atoms with van der Waals surface area (Å²) in [7, 11) is 0. The molecule has 26 heavy (non-hydrogen) atoms. The lowest BCUT2D eigenvalue weighted by Gasteiger charge is -2.07. The molecule has 1 heterocycles. The fourth-order valence-electron chi connectivity index (χ4n) is 2.37. The number of nitrogens with zero attached hydrogens (tertiary/aromatic N) is 1. The van der Waals surface area contributed by atoms with Crippen LogP contribution in [0.25, 0.3) is 0 Å². The van der Waals surface area contributed by atoms with Crippen molar-refractivity contribution in [1.29, 1.82) is 0 Å². The Kier molecular flexibility index (Phi) is 6.01. The topological polar surface area (TPSA) is 79.5 Å². The van der Waals surface area contributed by atoms with Crippen LogP contribution in [0, 0.1) is 0 Å². The molecule has 0 saturated heterocycles. The van der Waals surface area contributed by atoms with E-state index >= 15 is 0 Å². The largest absolute Gasteiger partial charge is 0.383 e. The molecule has 3 aromatic rings. The molecule has 0 bridgehead atoms. The highest BCUT2D eigenvalue weighted by molar-refractivity contribution is 7.12. The highest BCUT2D eigenvalue weighted by atomic mass is 32.1. The Bertz CT molecular complexity index is 859. The van der Waals surface area contributed by atoms with Gasteiger partial charge in [-0.1, -0.05) is 36.4 Å². The summed E-state index contributed by atoms with van der Waals surface area (Å²) in [6, 6.07) is 20.9. The molecule has 6 heteroatoms. The Morgan fingerprint density at radius 1 is 1.00 bits per heavy atom. The summed E-state index contributed by atoms with van der Waals surface area (Å²) >= 11 is 1.57. The Balaban J connectivity index is 1.47. The van der Waals surface area contributed by atoms with Gasteiger partial charge in [-0.2, -0.15) is 0 Å². The van der Waals surface area contributed by atoms with Crippen LogP contribution in [0.1, 0.15) is 10.4 Å². The molecule has 2 aromatic carbocycles. The number of anilines is 1. The zero-order chi connectivity index (χ0) is 18.2. The molecule has 0 spiro atoms. The second kappa shape index (κ2) is 8.82. The third kappa shape index (κ3) is 5.19. The Morgan fingerprint density at radius 3 is 2.46 bits per heavy atom. The number of rotatable bonds is 6. The normalized spacial score (nSPS) is 11.2. The van der Waals surface area contributed by atoms with E-state index in [1.54, 1.807) is 11.3 Å². The average Bonchev–Trinajstić information content (AvgIpc) is 3.19. The van der Waals surface area contributed by atoms with Crippen molar-refractivity contribution in [3.05, 3.63) is 82.6 Å². The number of benzene rings is 2. The second-order valence-electron chi connectivity index (χ2n) is 5.64. The number of para-hydroxylation sites is 1. The molecule has 0 radical (unpaired) electrons. The summed E-state index contributed by atoms with van der Waals surface area (Å²) in [6.45, 7) is 0.554. The van der Waals surface area contributed by atoms with Gasteiger partial charge in [-0.3, -0.25) is 0 Å². The van der Waals surface area contributed by atoms with Crippen LogP contribution < -0.4 is 16.4 Å². The average molecular weight is 364 g/mol. The second-order valence-corrected chi connectivity index (χ2v) is 6.59. The van der Waals surface area contributed by atoms with Crippen molar-refractivity contribution in [1.82, 2.24) is 5.32 Å². The van der Waals surface area contributed by atoms with Gasteiger partial charge >= 0.3 is 6.03 Å². The third-order valence-corrected chi connectivity index (χ3v) is 4.58. The van der Waals surface area contributed by atoms with E-state index in [9.17, 15) is 4.79 Å². The van der Waals surface area contributed by atoms with Gasteiger partial charge in [-0.05, 0) is 47.7 Å². The number of hydrogen-bond donors (Lipinski definition) is 3. The summed E-state index contributed by atoms with van der Waals surface area (Å²) in [5.41, 5.74) is 8.70. The number of urea groups is 1. The molecular formula is C20H20N4OS. The van der Waals surface area contributed by atoms with Crippen molar-refractivity contribution in [2.75, 3.05) is 11.9 Å². The maximum Gasteiger partial charge on any atom is 0.319 e. The number of carbonyl (C=O) groups is 1. The van der Waals surface area contributed by atoms with Gasteiger partial charge in [-0.15, -0.1) is 11.3 Å². The van der Waals surface area contributed by atoms with Crippen LogP contribution >= 0.6 is 11.3 Å². The Labute approximate surface area is 156 Å². The predicted octanol–water partition coefficient (Wildman–Crippen LogP) is 4.15. The van der Waals surface area contributed by atoms with Gasteiger partial charge in [0.15, 0.2) is 0 Å². The van der Waals surface area contributed by atoms with E-state index in [1.165, 1.54) is 0 Å². The first-order valence-electron chi connectivity index (χ1n) is 8.27. The molecular weight excluding hydrogens is 344 g/mol. The van der Waals surface area contributed by atoms with Crippen LogP contribution in [-0.2, 0) is 6.42 Å². The van der Waals surface area contributed by atoms with E-state index in [0.717, 1.165) is 28.2 Å². The molecule has 1 aromatic heterocycles. The van der Waals surface area contributed by atoms with Crippen LogP contribution in [0.15, 0.2) is 77.1 Å². The van der Waals surface area contributed by atoms with Crippen LogP contribution in [0.2, 0.25) is 0 Å². The highest BCUT2D eigenvalue weighted by Crippen LogP contribution is 2.16. The number of hydrogen-bond acceptors (Lipinski definition) is 3. The molecule has 0 saturated carbocycles. The lowest BCUT2D eigenvalue weighted by molar-refractivity contribution is 0.252. The minimum Gasteiger partial charge on any atom is -0.383 e. The lowest BCUT2D eigenvalue weighted by Crippen LogP contribution is -2.30. The van der Waals surface area contributed by atoms with Crippen molar-refractivity contribution in [3.63, 3.8) is 0 Å². The molecule has 4 N–H and O–H groups in total. The SMILES string of the molecule is NC(=Nc1ccc(CCNC(=O)Nc2ccccc2)cc1)c1cccs1. The summed E-state index contributed by atoms with van der Waals surface area (Å²) in [4.78, 5) is 17.2. The van der Waals surface area contributed by atoms with E-state index < -0.39 is 0 Å². The Hall–Kier alpha value is -3.12. The fraction of sp³-hybridized carbons (Fsp3) is 0.100. The first-order chi connectivity index (χ1) is 12.7. The smallest absolute Gasteiger partial charge is 0.319 e. The fourth-order valence-corrected chi connectivity index (χ4v) is 3.00. The minimum absolute atomic E-state index is 0.207. The van der Waals surface area contributed by atoms with Gasteiger partial charge in [0.25, 0.3) is 0 Å². The monoisotopic (exact) mass is 364 g/mol. The molecule has 0 unspecified atom stereocenters. The van der Waals surface area contributed by atoms with Gasteiger partial charge < -0.3 is 16.4 Å². The summed E-state index contributed by atoms with van der Waals surface area (Å²) in [6.07, 6.45) is 0.743. The van der Waals surface area contributed by atoms with Crippen LogP contribution in [-0.4, -0.2) is 18.4 Å². The molecule has 0 aliphatic heterocycles. The molecule has 2 amide bonds. The van der Waals surface area contributed by atoms with Crippen molar-refractivity contribution in [2.24, 2.45) is 10.7 Å². The number of thiophene rings is 1. The van der Waals surface area contributed by atoms with Crippen LogP contribution in [0.3, 0.4) is 0 Å². The number of amides is 2. The van der Waals surface area contributed by atoms with Crippen LogP contribution in [0.5, 0.6) is 0 Å². The highest BCUT2D eigenvalue weighted by Gasteiger charge is 2.02. The van der Waals surface area contributed by atoms with E-state index in [2.05, 4.69) is 15.6 Å². The zero-order valence-electron chi connectivity index (χ0n) is 14.2. The van der Waals surface area contributed by atoms with E-state index in [0.29, 0.717) is 12.4 Å². The lowest BCUT2D eigenvalue weighted by atomic mass is 10.1. The minimum atomic E-state index is -0.207. The van der Waals surface area contributed by atoms with Gasteiger partial charge in [0.1, 0.15) is 5.84 Å². The van der Waals surface area contributed by atoms with Crippen LogP contribution in [0.4, 0.5) is 16.2 Å². The van der Waals surface area contributed by atoms with Gasteiger partial charge in [-0.25, -0.2) is 9.79 Å². The van der Waals surface area contributed by atoms with Gasteiger partial charge in [0, 0.05) is 12.2 Å². The third-order valence-electron chi connectivity index (χ3n) is 3.69. The summed E-state index contributed by atoms with van der Waals surface area (Å²) in [5, 5.41) is 7.61. The maximum atomic E-state index is 11.8. The quantitative estimate of drug-likeness (QED) is 0.454. The zero-order valence-corrected chi connectivity index (χ0v) is 15.0. The van der Waals surface area contributed by atoms with Crippen molar-refractivity contribution >= 4 is 34.6 Å². The number of nitrogens with two attached hydrogens (primary N) is 1. The van der Waals surface area contributed by atoms with E-state index in [1.807, 2.05) is 72.1 Å². The summed E-state index contributed by atoms with van der Waals surface area (Å²) in [5.74, 6) is 0.520. The van der Waals surface area contributed by atoms with Gasteiger partial charge in [0.2, 0.25) is 0 Å². The molecule has 5 nitrogen and oxygen atoms in total. The molecule has 0 atom stereocenters. The molecule has 132 valence electrons. The van der Waals surface area contributed by atoms with E-state index in [4.69, 9.17) is 5.73 Å². The van der Waals surface area contributed by atoms with Crippen molar-refractivity contribution < 1.29 is 4.79 Å². The number of amidine groups is 1. The maximum absolute atomic E-state index is 11.8. The standard InChI is InChI=1S/C20H20N4OS/c21-19(18-7-4-14-26-18)23-17-10-8-15(9-11-17)12-13-22-20(25)24-16-5-2-1-3-6-16/h1-11,14H,12-13H2,(H2,21,23)(H2,22,24,25). The predicted molar refractivity (Wildman–Crippen MR) is 108 cm³/mol. The molecule has 0 aliphatic carbocycles. The molecule has 3 rings (SSSR count). The first-order valence-corrected chi connectivity index (χ1v) is 9.15. The summed E-state index contributed by atoms with van der Waals surface area (Å²) < 4.78 is 0. The number of aliphatic imine (C=N–C) groups is 1. The number of nitrogens with one attached hydrogen (secondary N) is 2. The van der Waals surface area contributed by atoms with E-state index in [-0.39, 0.29) is 6.03 Å². The Morgan fingerprint density at radius 2 is 1.77 bits per heavy atom. The number of carbonyl (C=O) groups excluding carboxylic acids is 1. The van der Waals surface area contributed by atoms with Crippen molar-refractivity contribution in [3.8, 4) is 0 Å². The molecule has 0 fully saturated rings.